The highest BCUT2D eigenvalue weighted by Gasteiger charge is 2.26. The fourth-order valence-corrected chi connectivity index (χ4v) is 2.94. The molecule has 2 aromatic carbocycles. The second-order valence-corrected chi connectivity index (χ2v) is 5.78. The van der Waals surface area contributed by atoms with Crippen LogP contribution in [0.15, 0.2) is 72.9 Å². The van der Waals surface area contributed by atoms with Gasteiger partial charge in [-0.3, -0.25) is 0 Å². The zero-order valence-electron chi connectivity index (χ0n) is 14.3. The first kappa shape index (κ1) is 16.0. The minimum Gasteiger partial charge on any atom is -0.451 e. The van der Waals surface area contributed by atoms with Crippen LogP contribution in [0.25, 0.3) is 17.2 Å². The molecule has 1 aliphatic rings. The van der Waals surface area contributed by atoms with Crippen LogP contribution >= 0.6 is 0 Å². The Hall–Kier alpha value is -3.47. The van der Waals surface area contributed by atoms with Crippen LogP contribution in [0.3, 0.4) is 0 Å². The smallest absolute Gasteiger partial charge is 0.412 e. The Morgan fingerprint density at radius 3 is 2.62 bits per heavy atom. The fraction of sp³-hybridized carbons (Fsp3) is 0.0952. The van der Waals surface area contributed by atoms with Gasteiger partial charge in [0.25, 0.3) is 0 Å². The van der Waals surface area contributed by atoms with Crippen LogP contribution in [0.4, 0.5) is 4.79 Å². The SMILES string of the molecule is CCN[11C](=O)OC1=C(c2ccccc2)Oc2ccccc2-n2cccc21. The molecule has 0 saturated carbocycles. The lowest BCUT2D eigenvalue weighted by Gasteiger charge is -2.14. The van der Waals surface area contributed by atoms with Gasteiger partial charge in [0.2, 0.25) is 0 Å². The van der Waals surface area contributed by atoms with E-state index in [0.29, 0.717) is 23.8 Å². The molecule has 130 valence electrons. The van der Waals surface area contributed by atoms with Crippen molar-refractivity contribution in [3.8, 4) is 11.4 Å². The molecule has 1 aromatic heterocycles. The zero-order chi connectivity index (χ0) is 17.9. The van der Waals surface area contributed by atoms with E-state index in [0.717, 1.165) is 16.9 Å². The third-order valence-electron chi connectivity index (χ3n) is 4.08. The minimum absolute atomic E-state index is 0.378. The first-order chi connectivity index (χ1) is 12.8. The van der Waals surface area contributed by atoms with E-state index in [1.807, 2.05) is 84.4 Å². The Morgan fingerprint density at radius 1 is 1.04 bits per heavy atom. The molecule has 1 N–H and O–H groups in total. The van der Waals surface area contributed by atoms with Crippen molar-refractivity contribution in [2.24, 2.45) is 0 Å². The summed E-state index contributed by atoms with van der Waals surface area (Å²) < 4.78 is 13.9. The summed E-state index contributed by atoms with van der Waals surface area (Å²) in [4.78, 5) is 12.2. The first-order valence-corrected chi connectivity index (χ1v) is 8.48. The Kier molecular flexibility index (Phi) is 4.19. The number of rotatable bonds is 3. The average molecular weight is 345 g/mol. The number of hydrogen-bond donors (Lipinski definition) is 1. The molecule has 0 radical (unpaired) electrons. The number of hydrogen-bond acceptors (Lipinski definition) is 3. The monoisotopic (exact) mass is 345 g/mol. The maximum absolute atomic E-state index is 12.2. The molecular formula is C21H18N2O3. The van der Waals surface area contributed by atoms with Crippen LogP contribution < -0.4 is 10.1 Å². The van der Waals surface area contributed by atoms with E-state index in [1.165, 1.54) is 0 Å². The molecule has 26 heavy (non-hydrogen) atoms. The predicted octanol–water partition coefficient (Wildman–Crippen LogP) is 4.44. The van der Waals surface area contributed by atoms with Crippen molar-refractivity contribution in [1.29, 1.82) is 0 Å². The molecule has 1 amide bonds. The lowest BCUT2D eigenvalue weighted by Crippen LogP contribution is -2.24. The number of carbonyl (C=O) groups is 1. The minimum atomic E-state index is -0.516. The van der Waals surface area contributed by atoms with Crippen LogP contribution in [-0.4, -0.2) is 17.2 Å². The first-order valence-electron chi connectivity index (χ1n) is 8.48. The number of carbonyl (C=O) groups excluding carboxylic acids is 1. The zero-order valence-corrected chi connectivity index (χ0v) is 14.3. The van der Waals surface area contributed by atoms with Crippen molar-refractivity contribution in [2.45, 2.75) is 6.92 Å². The second kappa shape index (κ2) is 6.80. The maximum atomic E-state index is 12.2. The molecule has 4 rings (SSSR count). The van der Waals surface area contributed by atoms with Gasteiger partial charge in [-0.05, 0) is 31.2 Å². The van der Waals surface area contributed by atoms with E-state index < -0.39 is 6.09 Å². The molecule has 5 nitrogen and oxygen atoms in total. The molecule has 0 bridgehead atoms. The van der Waals surface area contributed by atoms with Gasteiger partial charge in [0.05, 0.1) is 11.4 Å². The van der Waals surface area contributed by atoms with Gasteiger partial charge in [0.15, 0.2) is 17.3 Å². The van der Waals surface area contributed by atoms with E-state index >= 15 is 0 Å². The van der Waals surface area contributed by atoms with Crippen molar-refractivity contribution in [1.82, 2.24) is 9.88 Å². The summed E-state index contributed by atoms with van der Waals surface area (Å²) in [5.41, 5.74) is 2.46. The van der Waals surface area contributed by atoms with Gasteiger partial charge in [-0.2, -0.15) is 0 Å². The topological polar surface area (TPSA) is 52.5 Å². The molecule has 0 fully saturated rings. The van der Waals surface area contributed by atoms with E-state index in [1.54, 1.807) is 0 Å². The fourth-order valence-electron chi connectivity index (χ4n) is 2.94. The predicted molar refractivity (Wildman–Crippen MR) is 99.8 cm³/mol. The van der Waals surface area contributed by atoms with Crippen molar-refractivity contribution in [3.63, 3.8) is 0 Å². The molecule has 0 unspecified atom stereocenters. The molecule has 1 aliphatic heterocycles. The van der Waals surface area contributed by atoms with Crippen LogP contribution in [0.2, 0.25) is 0 Å². The Labute approximate surface area is 151 Å². The molecule has 0 atom stereocenters. The van der Waals surface area contributed by atoms with Gasteiger partial charge in [-0.1, -0.05) is 42.5 Å². The van der Waals surface area contributed by atoms with E-state index in [9.17, 15) is 4.79 Å². The lowest BCUT2D eigenvalue weighted by atomic mass is 10.1. The molecule has 5 heteroatoms. The number of ether oxygens (including phenoxy) is 2. The van der Waals surface area contributed by atoms with Crippen LogP contribution in [0, 0.1) is 0 Å². The van der Waals surface area contributed by atoms with Crippen LogP contribution in [0.5, 0.6) is 5.75 Å². The molecule has 0 aliphatic carbocycles. The van der Waals surface area contributed by atoms with Gasteiger partial charge >= 0.3 is 6.09 Å². The highest BCUT2D eigenvalue weighted by atomic mass is 16.5. The average Bonchev–Trinajstić information content (AvgIpc) is 3.11. The highest BCUT2D eigenvalue weighted by Crippen LogP contribution is 2.38. The number of alkyl carbamates (subject to hydrolysis) is 1. The number of benzene rings is 2. The quantitative estimate of drug-likeness (QED) is 0.763. The van der Waals surface area contributed by atoms with Crippen molar-refractivity contribution in [2.75, 3.05) is 6.54 Å². The van der Waals surface area contributed by atoms with E-state index in [-0.39, 0.29) is 0 Å². The van der Waals surface area contributed by atoms with Gasteiger partial charge in [0.1, 0.15) is 0 Å². The van der Waals surface area contributed by atoms with Crippen molar-refractivity contribution >= 4 is 17.6 Å². The summed E-state index contributed by atoms with van der Waals surface area (Å²) in [5.74, 6) is 1.57. The normalized spacial score (nSPS) is 12.5. The number of nitrogens with one attached hydrogen (secondary N) is 1. The number of nitrogens with zero attached hydrogens (tertiary/aromatic N) is 1. The summed E-state index contributed by atoms with van der Waals surface area (Å²) in [7, 11) is 0. The number of aromatic nitrogens is 1. The third kappa shape index (κ3) is 2.84. The van der Waals surface area contributed by atoms with E-state index in [4.69, 9.17) is 9.47 Å². The third-order valence-corrected chi connectivity index (χ3v) is 4.08. The lowest BCUT2D eigenvalue weighted by molar-refractivity contribution is 0.191. The van der Waals surface area contributed by atoms with Crippen molar-refractivity contribution in [3.05, 3.63) is 84.2 Å². The van der Waals surface area contributed by atoms with Gasteiger partial charge < -0.3 is 19.4 Å². The Morgan fingerprint density at radius 2 is 1.81 bits per heavy atom. The molecule has 2 heterocycles. The maximum Gasteiger partial charge on any atom is 0.412 e. The summed E-state index contributed by atoms with van der Waals surface area (Å²) in [5, 5.41) is 2.67. The standard InChI is InChI=1S/C21H18N2O3/c1-2-22-21(24)26-20-17-12-8-14-23(17)16-11-6-7-13-18(16)25-19(20)15-9-4-3-5-10-15/h3-14H,2H2,1H3,(H,22,24)/i21-1. The largest absolute Gasteiger partial charge is 0.451 e. The van der Waals surface area contributed by atoms with Gasteiger partial charge in [-0.15, -0.1) is 0 Å². The van der Waals surface area contributed by atoms with E-state index in [2.05, 4.69) is 5.32 Å². The number of amides is 1. The summed E-state index contributed by atoms with van der Waals surface area (Å²) in [6.07, 6.45) is 1.41. The number of fused-ring (bicyclic) bond motifs is 3. The Bertz CT molecular complexity index is 974. The van der Waals surface area contributed by atoms with Gasteiger partial charge in [0, 0.05) is 18.3 Å². The van der Waals surface area contributed by atoms with Gasteiger partial charge in [-0.25, -0.2) is 4.79 Å². The summed E-state index contributed by atoms with van der Waals surface area (Å²) in [6.45, 7) is 2.32. The van der Waals surface area contributed by atoms with Crippen molar-refractivity contribution < 1.29 is 14.3 Å². The Balaban J connectivity index is 1.94. The summed E-state index contributed by atoms with van der Waals surface area (Å²) in [6, 6.07) is 21.2. The second-order valence-electron chi connectivity index (χ2n) is 5.78. The number of para-hydroxylation sites is 2. The molecule has 0 saturated heterocycles. The summed E-state index contributed by atoms with van der Waals surface area (Å²) >= 11 is 0. The highest BCUT2D eigenvalue weighted by molar-refractivity contribution is 5.90. The van der Waals surface area contributed by atoms with Crippen LogP contribution in [0.1, 0.15) is 18.2 Å². The molecule has 0 spiro atoms. The van der Waals surface area contributed by atoms with Crippen LogP contribution in [-0.2, 0) is 4.74 Å². The molecular weight excluding hydrogens is 327 g/mol. The molecule has 3 aromatic rings.